The van der Waals surface area contributed by atoms with Gasteiger partial charge in [-0.05, 0) is 43.7 Å². The standard InChI is InChI=1S/C27H27N7O5S/c1-5-39-24-11-6-8-19(29-24)27-30-26-20(34(27)25-21(37-3)9-7-10-22(25)38-4)14-23(31-32-26)33-40(35,36)16-18-13-12-17(2)15-28-18/h6-15H,5,16H2,1-4H3,(H,31,33). The van der Waals surface area contributed by atoms with Gasteiger partial charge in [0.25, 0.3) is 0 Å². The van der Waals surface area contributed by atoms with Gasteiger partial charge in [0.15, 0.2) is 11.6 Å². The molecule has 5 aromatic rings. The second-order valence-corrected chi connectivity index (χ2v) is 10.4. The van der Waals surface area contributed by atoms with E-state index in [1.165, 1.54) is 0 Å². The van der Waals surface area contributed by atoms with Gasteiger partial charge in [-0.15, -0.1) is 10.2 Å². The average molecular weight is 562 g/mol. The van der Waals surface area contributed by atoms with E-state index in [2.05, 4.69) is 24.9 Å². The summed E-state index contributed by atoms with van der Waals surface area (Å²) in [4.78, 5) is 13.5. The molecule has 0 radical (unpaired) electrons. The number of rotatable bonds is 10. The molecule has 0 saturated heterocycles. The van der Waals surface area contributed by atoms with E-state index in [-0.39, 0.29) is 17.2 Å². The van der Waals surface area contributed by atoms with Crippen molar-refractivity contribution in [1.82, 2.24) is 29.7 Å². The van der Waals surface area contributed by atoms with Crippen molar-refractivity contribution in [3.8, 4) is 34.6 Å². The van der Waals surface area contributed by atoms with Crippen LogP contribution in [0.25, 0.3) is 28.4 Å². The first-order chi connectivity index (χ1) is 19.3. The van der Waals surface area contributed by atoms with Gasteiger partial charge in [0.1, 0.15) is 28.6 Å². The van der Waals surface area contributed by atoms with Crippen molar-refractivity contribution in [2.45, 2.75) is 19.6 Å². The monoisotopic (exact) mass is 561 g/mol. The lowest BCUT2D eigenvalue weighted by Crippen LogP contribution is -2.17. The van der Waals surface area contributed by atoms with Crippen LogP contribution in [-0.2, 0) is 15.8 Å². The average Bonchev–Trinajstić information content (AvgIpc) is 3.32. The van der Waals surface area contributed by atoms with Gasteiger partial charge in [-0.3, -0.25) is 14.3 Å². The second kappa shape index (κ2) is 11.1. The Balaban J connectivity index is 1.66. The number of aromatic nitrogens is 6. The van der Waals surface area contributed by atoms with Crippen LogP contribution in [-0.4, -0.2) is 59.0 Å². The maximum atomic E-state index is 13.0. The molecule has 206 valence electrons. The van der Waals surface area contributed by atoms with Crippen LogP contribution in [0.5, 0.6) is 17.4 Å². The van der Waals surface area contributed by atoms with Crippen LogP contribution in [0.4, 0.5) is 5.82 Å². The third-order valence-electron chi connectivity index (χ3n) is 5.86. The smallest absolute Gasteiger partial charge is 0.239 e. The number of nitrogens with one attached hydrogen (secondary N) is 1. The highest BCUT2D eigenvalue weighted by Gasteiger charge is 2.24. The van der Waals surface area contributed by atoms with Crippen LogP contribution in [0, 0.1) is 6.92 Å². The van der Waals surface area contributed by atoms with E-state index >= 15 is 0 Å². The lowest BCUT2D eigenvalue weighted by Gasteiger charge is -2.17. The Morgan fingerprint density at radius 2 is 1.70 bits per heavy atom. The van der Waals surface area contributed by atoms with Gasteiger partial charge in [-0.1, -0.05) is 18.2 Å². The third-order valence-corrected chi connectivity index (χ3v) is 7.06. The summed E-state index contributed by atoms with van der Waals surface area (Å²) in [5, 5.41) is 8.30. The van der Waals surface area contributed by atoms with Gasteiger partial charge < -0.3 is 14.2 Å². The Kier molecular flexibility index (Phi) is 7.47. The fourth-order valence-electron chi connectivity index (χ4n) is 4.13. The van der Waals surface area contributed by atoms with Crippen LogP contribution in [0.2, 0.25) is 0 Å². The van der Waals surface area contributed by atoms with E-state index in [1.807, 2.05) is 13.8 Å². The van der Waals surface area contributed by atoms with E-state index in [1.54, 1.807) is 79.6 Å². The van der Waals surface area contributed by atoms with Crippen LogP contribution in [0.1, 0.15) is 18.2 Å². The molecule has 4 aromatic heterocycles. The van der Waals surface area contributed by atoms with Gasteiger partial charge in [0, 0.05) is 18.3 Å². The van der Waals surface area contributed by atoms with Gasteiger partial charge >= 0.3 is 0 Å². The summed E-state index contributed by atoms with van der Waals surface area (Å²) in [6, 6.07) is 15.7. The van der Waals surface area contributed by atoms with E-state index in [9.17, 15) is 8.42 Å². The minimum atomic E-state index is -3.85. The zero-order valence-corrected chi connectivity index (χ0v) is 23.1. The highest BCUT2D eigenvalue weighted by Crippen LogP contribution is 2.38. The Morgan fingerprint density at radius 3 is 2.38 bits per heavy atom. The van der Waals surface area contributed by atoms with Gasteiger partial charge in [-0.2, -0.15) is 0 Å². The molecule has 40 heavy (non-hydrogen) atoms. The number of hydrogen-bond donors (Lipinski definition) is 1. The number of nitrogens with zero attached hydrogens (tertiary/aromatic N) is 6. The largest absolute Gasteiger partial charge is 0.494 e. The number of sulfonamides is 1. The Labute approximate surface area is 231 Å². The zero-order valence-electron chi connectivity index (χ0n) is 22.3. The molecule has 0 aliphatic heterocycles. The molecular weight excluding hydrogens is 534 g/mol. The number of aryl methyl sites for hydroxylation is 1. The summed E-state index contributed by atoms with van der Waals surface area (Å²) < 4.78 is 47.1. The molecule has 0 atom stereocenters. The summed E-state index contributed by atoms with van der Waals surface area (Å²) in [6.07, 6.45) is 1.62. The third kappa shape index (κ3) is 5.50. The molecule has 5 rings (SSSR count). The Bertz CT molecular complexity index is 1750. The maximum Gasteiger partial charge on any atom is 0.239 e. The van der Waals surface area contributed by atoms with Crippen molar-refractivity contribution in [1.29, 1.82) is 0 Å². The predicted molar refractivity (Wildman–Crippen MR) is 149 cm³/mol. The van der Waals surface area contributed by atoms with Crippen molar-refractivity contribution in [3.63, 3.8) is 0 Å². The van der Waals surface area contributed by atoms with E-state index in [4.69, 9.17) is 19.2 Å². The minimum Gasteiger partial charge on any atom is -0.494 e. The summed E-state index contributed by atoms with van der Waals surface area (Å²) in [7, 11) is -0.762. The summed E-state index contributed by atoms with van der Waals surface area (Å²) in [5.41, 5.74) is 3.06. The number of methoxy groups -OCH3 is 2. The number of ether oxygens (including phenoxy) is 3. The van der Waals surface area contributed by atoms with Crippen molar-refractivity contribution < 1.29 is 22.6 Å². The lowest BCUT2D eigenvalue weighted by atomic mass is 10.2. The van der Waals surface area contributed by atoms with Crippen molar-refractivity contribution in [2.24, 2.45) is 0 Å². The van der Waals surface area contributed by atoms with Gasteiger partial charge in [-0.25, -0.2) is 18.4 Å². The molecule has 1 N–H and O–H groups in total. The zero-order chi connectivity index (χ0) is 28.3. The molecule has 12 nitrogen and oxygen atoms in total. The van der Waals surface area contributed by atoms with Crippen LogP contribution >= 0.6 is 0 Å². The van der Waals surface area contributed by atoms with Crippen LogP contribution in [0.15, 0.2) is 60.8 Å². The van der Waals surface area contributed by atoms with E-state index < -0.39 is 10.0 Å². The minimum absolute atomic E-state index is 0.0113. The van der Waals surface area contributed by atoms with Gasteiger partial charge in [0.05, 0.1) is 32.0 Å². The van der Waals surface area contributed by atoms with E-state index in [0.717, 1.165) is 5.56 Å². The normalized spacial score (nSPS) is 11.4. The van der Waals surface area contributed by atoms with Crippen LogP contribution in [0.3, 0.4) is 0 Å². The molecule has 0 aliphatic carbocycles. The molecule has 0 amide bonds. The van der Waals surface area contributed by atoms with Crippen molar-refractivity contribution >= 4 is 27.0 Å². The molecule has 0 unspecified atom stereocenters. The number of pyridine rings is 2. The van der Waals surface area contributed by atoms with Crippen molar-refractivity contribution in [2.75, 3.05) is 25.5 Å². The van der Waals surface area contributed by atoms with Crippen LogP contribution < -0.4 is 18.9 Å². The topological polar surface area (TPSA) is 143 Å². The molecule has 0 fully saturated rings. The summed E-state index contributed by atoms with van der Waals surface area (Å²) >= 11 is 0. The van der Waals surface area contributed by atoms with Crippen molar-refractivity contribution in [3.05, 3.63) is 72.1 Å². The highest BCUT2D eigenvalue weighted by molar-refractivity contribution is 7.91. The fourth-order valence-corrected chi connectivity index (χ4v) is 5.18. The molecule has 0 aliphatic rings. The first kappa shape index (κ1) is 26.8. The molecule has 0 saturated carbocycles. The molecular formula is C27H27N7O5S. The highest BCUT2D eigenvalue weighted by atomic mass is 32.2. The van der Waals surface area contributed by atoms with Gasteiger partial charge in [0.2, 0.25) is 21.6 Å². The second-order valence-electron chi connectivity index (χ2n) is 8.70. The maximum absolute atomic E-state index is 13.0. The number of para-hydroxylation sites is 1. The predicted octanol–water partition coefficient (Wildman–Crippen LogP) is 3.94. The summed E-state index contributed by atoms with van der Waals surface area (Å²) in [5.74, 6) is 1.49. The first-order valence-electron chi connectivity index (χ1n) is 12.3. The van der Waals surface area contributed by atoms with E-state index in [0.29, 0.717) is 52.4 Å². The fraction of sp³-hybridized carbons (Fsp3) is 0.222. The quantitative estimate of drug-likeness (QED) is 0.266. The number of imidazole rings is 1. The number of hydrogen-bond acceptors (Lipinski definition) is 10. The Hall–Kier alpha value is -4.78. The number of anilines is 1. The SMILES string of the molecule is CCOc1cccc(-c2nc3nnc(NS(=O)(=O)Cc4ccc(C)cn4)cc3n2-c2c(OC)cccc2OC)n1. The summed E-state index contributed by atoms with van der Waals surface area (Å²) in [6.45, 7) is 4.20. The Morgan fingerprint density at radius 1 is 0.950 bits per heavy atom. The molecule has 13 heteroatoms. The number of benzene rings is 1. The molecule has 1 aromatic carbocycles. The molecule has 4 heterocycles. The number of fused-ring (bicyclic) bond motifs is 1. The molecule has 0 spiro atoms. The molecule has 0 bridgehead atoms. The first-order valence-corrected chi connectivity index (χ1v) is 14.0. The lowest BCUT2D eigenvalue weighted by molar-refractivity contribution is 0.327.